The van der Waals surface area contributed by atoms with Crippen LogP contribution in [-0.2, 0) is 20.8 Å². The van der Waals surface area contributed by atoms with E-state index in [0.717, 1.165) is 5.56 Å². The highest BCUT2D eigenvalue weighted by Crippen LogP contribution is 2.50. The minimum absolute atomic E-state index is 0.0427. The van der Waals surface area contributed by atoms with Crippen LogP contribution in [0.25, 0.3) is 11.1 Å². The molecule has 13 nitrogen and oxygen atoms in total. The predicted molar refractivity (Wildman–Crippen MR) is 150 cm³/mol. The first-order chi connectivity index (χ1) is 20.2. The number of aryl methyl sites for hydroxylation is 1. The van der Waals surface area contributed by atoms with Crippen LogP contribution in [0.4, 0.5) is 0 Å². The van der Waals surface area contributed by atoms with Gasteiger partial charge in [-0.1, -0.05) is 6.07 Å². The van der Waals surface area contributed by atoms with E-state index in [9.17, 15) is 24.9 Å². The van der Waals surface area contributed by atoms with Crippen LogP contribution >= 0.6 is 0 Å². The van der Waals surface area contributed by atoms with E-state index in [-0.39, 0.29) is 24.1 Å². The second kappa shape index (κ2) is 13.7. The maximum atomic E-state index is 13.4. The lowest BCUT2D eigenvalue weighted by molar-refractivity contribution is -0.292. The molecule has 0 unspecified atom stereocenters. The van der Waals surface area contributed by atoms with Crippen molar-refractivity contribution in [3.05, 3.63) is 45.6 Å². The lowest BCUT2D eigenvalue weighted by Gasteiger charge is -2.40. The number of aliphatic hydroxyl groups is 3. The van der Waals surface area contributed by atoms with Gasteiger partial charge in [0, 0.05) is 12.0 Å². The van der Waals surface area contributed by atoms with E-state index in [4.69, 9.17) is 28.5 Å². The van der Waals surface area contributed by atoms with Gasteiger partial charge in [-0.15, -0.1) is 0 Å². The molecule has 4 N–H and O–H groups in total. The molecule has 5 atom stereocenters. The molecule has 230 valence electrons. The summed E-state index contributed by atoms with van der Waals surface area (Å²) in [6, 6.07) is 6.04. The number of rotatable bonds is 10. The highest BCUT2D eigenvalue weighted by atomic mass is 16.7. The summed E-state index contributed by atoms with van der Waals surface area (Å²) in [6.07, 6.45) is -3.50. The first-order valence-corrected chi connectivity index (χ1v) is 13.5. The van der Waals surface area contributed by atoms with E-state index in [1.54, 1.807) is 12.1 Å². The smallest absolute Gasteiger partial charge is 0.237 e. The molecular weight excluding hydrogens is 552 g/mol. The number of benzene rings is 1. The van der Waals surface area contributed by atoms with E-state index in [0.29, 0.717) is 46.8 Å². The largest absolute Gasteiger partial charge is 0.493 e. The van der Waals surface area contributed by atoms with E-state index < -0.39 is 43.1 Å². The summed E-state index contributed by atoms with van der Waals surface area (Å²) in [4.78, 5) is 31.9. The Balaban J connectivity index is 1.71. The third kappa shape index (κ3) is 6.16. The van der Waals surface area contributed by atoms with Gasteiger partial charge in [0.05, 0.1) is 54.3 Å². The Morgan fingerprint density at radius 1 is 1.02 bits per heavy atom. The van der Waals surface area contributed by atoms with E-state index in [1.807, 2.05) is 6.07 Å². The minimum Gasteiger partial charge on any atom is -0.493 e. The molecule has 0 radical (unpaired) electrons. The third-order valence-electron chi connectivity index (χ3n) is 7.64. The van der Waals surface area contributed by atoms with Gasteiger partial charge in [-0.3, -0.25) is 14.4 Å². The number of amides is 1. The van der Waals surface area contributed by atoms with Gasteiger partial charge in [-0.25, -0.2) is 0 Å². The number of nitrogens with zero attached hydrogens (tertiary/aromatic N) is 1. The fraction of sp³-hybridized carbons (Fsp3) is 0.517. The number of hydrogen-bond acceptors (Lipinski definition) is 12. The Morgan fingerprint density at radius 2 is 1.74 bits per heavy atom. The number of hydroxylamine groups is 2. The highest BCUT2D eigenvalue weighted by molar-refractivity contribution is 5.84. The number of nitrogens with one attached hydrogen (secondary N) is 1. The van der Waals surface area contributed by atoms with Crippen LogP contribution in [0.3, 0.4) is 0 Å². The quantitative estimate of drug-likeness (QED) is 0.284. The van der Waals surface area contributed by atoms with Crippen molar-refractivity contribution in [2.45, 2.75) is 49.8 Å². The van der Waals surface area contributed by atoms with Crippen LogP contribution < -0.4 is 29.7 Å². The molecule has 0 aromatic heterocycles. The zero-order valence-corrected chi connectivity index (χ0v) is 24.3. The highest BCUT2D eigenvalue weighted by Gasteiger charge is 2.40. The standard InChI is InChI=1S/C29H38N2O11/c1-37-21-9-7-16-17(11-19(21)33)18(8-6-15-10-22(38-2)28(39-3)29(40-4)26(15)16)30-24(35)13-31(41-5)25-12-20(34)27(36)23(14-32)42-25/h7,9-11,18,20,23,25,27,32,34,36H,6,8,12-14H2,1-5H3,(H,30,35)/t18-,20+,23+,25+,27+/m0/s1. The molecule has 1 aliphatic carbocycles. The average Bonchev–Trinajstić information content (AvgIpc) is 3.24. The zero-order valence-electron chi connectivity index (χ0n) is 24.3. The lowest BCUT2D eigenvalue weighted by atomic mass is 9.95. The second-order valence-electron chi connectivity index (χ2n) is 9.98. The molecule has 2 aromatic rings. The van der Waals surface area contributed by atoms with Gasteiger partial charge in [-0.05, 0) is 47.7 Å². The SMILES string of the molecule is COc1cc2c(c(OC)c1OC)-c1ccc(OC)c(=O)cc1[C@@H](NC(=O)CN(OC)[C@H]1C[C@@H](O)[C@@H](O)[C@@H](CO)O1)CC2. The van der Waals surface area contributed by atoms with Gasteiger partial charge < -0.3 is 44.3 Å². The summed E-state index contributed by atoms with van der Waals surface area (Å²) in [5.41, 5.74) is 2.41. The maximum Gasteiger partial charge on any atom is 0.237 e. The number of fused-ring (bicyclic) bond motifs is 3. The zero-order chi connectivity index (χ0) is 30.6. The molecular formula is C29H38N2O11. The number of methoxy groups -OCH3 is 4. The van der Waals surface area contributed by atoms with Crippen LogP contribution in [0.1, 0.15) is 30.0 Å². The van der Waals surface area contributed by atoms with Crippen molar-refractivity contribution in [1.29, 1.82) is 0 Å². The Bertz CT molecular complexity index is 1340. The number of hydrogen-bond donors (Lipinski definition) is 4. The lowest BCUT2D eigenvalue weighted by Crippen LogP contribution is -2.56. The summed E-state index contributed by atoms with van der Waals surface area (Å²) < 4.78 is 27.9. The molecule has 1 fully saturated rings. The molecule has 0 saturated carbocycles. The van der Waals surface area contributed by atoms with Gasteiger partial charge in [0.2, 0.25) is 17.1 Å². The van der Waals surface area contributed by atoms with Crippen LogP contribution in [-0.4, -0.2) is 99.5 Å². The van der Waals surface area contributed by atoms with Gasteiger partial charge in [0.25, 0.3) is 0 Å². The van der Waals surface area contributed by atoms with Gasteiger partial charge >= 0.3 is 0 Å². The molecule has 0 spiro atoms. The summed E-state index contributed by atoms with van der Waals surface area (Å²) >= 11 is 0. The summed E-state index contributed by atoms with van der Waals surface area (Å²) in [5, 5.41) is 34.1. The fourth-order valence-electron chi connectivity index (χ4n) is 5.55. The van der Waals surface area contributed by atoms with Gasteiger partial charge in [0.1, 0.15) is 25.0 Å². The Morgan fingerprint density at radius 3 is 2.36 bits per heavy atom. The monoisotopic (exact) mass is 590 g/mol. The van der Waals surface area contributed by atoms with Crippen LogP contribution in [0.15, 0.2) is 29.1 Å². The second-order valence-corrected chi connectivity index (χ2v) is 9.98. The number of carbonyl (C=O) groups excluding carboxylic acids is 1. The Hall–Kier alpha value is -3.46. The van der Waals surface area contributed by atoms with E-state index in [2.05, 4.69) is 5.32 Å². The van der Waals surface area contributed by atoms with Crippen LogP contribution in [0.5, 0.6) is 23.0 Å². The number of ether oxygens (including phenoxy) is 5. The van der Waals surface area contributed by atoms with Crippen molar-refractivity contribution in [2.24, 2.45) is 0 Å². The van der Waals surface area contributed by atoms with Gasteiger partial charge in [0.15, 0.2) is 17.2 Å². The molecule has 4 rings (SSSR count). The van der Waals surface area contributed by atoms with Gasteiger partial charge in [-0.2, -0.15) is 5.06 Å². The molecule has 1 heterocycles. The van der Waals surface area contributed by atoms with E-state index in [1.165, 1.54) is 46.7 Å². The van der Waals surface area contributed by atoms with Crippen molar-refractivity contribution < 1.29 is 48.6 Å². The Kier molecular flexibility index (Phi) is 10.2. The van der Waals surface area contributed by atoms with Crippen molar-refractivity contribution in [1.82, 2.24) is 10.4 Å². The van der Waals surface area contributed by atoms with Crippen molar-refractivity contribution >= 4 is 5.91 Å². The molecule has 1 saturated heterocycles. The minimum atomic E-state index is -1.27. The summed E-state index contributed by atoms with van der Waals surface area (Å²) in [6.45, 7) is -0.812. The first-order valence-electron chi connectivity index (χ1n) is 13.5. The predicted octanol–water partition coefficient (Wildman–Crippen LogP) is 0.544. The third-order valence-corrected chi connectivity index (χ3v) is 7.64. The topological polar surface area (TPSA) is 165 Å². The average molecular weight is 591 g/mol. The Labute approximate surface area is 243 Å². The van der Waals surface area contributed by atoms with Crippen molar-refractivity contribution in [2.75, 3.05) is 48.7 Å². The van der Waals surface area contributed by atoms with Crippen LogP contribution in [0, 0.1) is 0 Å². The van der Waals surface area contributed by atoms with E-state index >= 15 is 0 Å². The molecule has 1 aliphatic heterocycles. The summed E-state index contributed by atoms with van der Waals surface area (Å²) in [7, 11) is 7.33. The first kappa shape index (κ1) is 31.5. The summed E-state index contributed by atoms with van der Waals surface area (Å²) in [5.74, 6) is 0.989. The molecule has 2 aromatic carbocycles. The molecule has 1 amide bonds. The molecule has 42 heavy (non-hydrogen) atoms. The van der Waals surface area contributed by atoms with Crippen LogP contribution in [0.2, 0.25) is 0 Å². The molecule has 13 heteroatoms. The maximum absolute atomic E-state index is 13.4. The normalized spacial score (nSPS) is 23.3. The fourth-order valence-corrected chi connectivity index (χ4v) is 5.55. The number of aliphatic hydroxyl groups excluding tert-OH is 3. The van der Waals surface area contributed by atoms with Crippen molar-refractivity contribution in [3.8, 4) is 34.1 Å². The molecule has 0 bridgehead atoms. The number of carbonyl (C=O) groups is 1. The molecule has 2 aliphatic rings. The van der Waals surface area contributed by atoms with Crippen molar-refractivity contribution in [3.63, 3.8) is 0 Å².